The summed E-state index contributed by atoms with van der Waals surface area (Å²) >= 11 is 0. The molecule has 0 aromatic carbocycles. The number of ether oxygens (including phenoxy) is 2. The van der Waals surface area contributed by atoms with Crippen LogP contribution in [0.15, 0.2) is 0 Å². The van der Waals surface area contributed by atoms with E-state index in [-0.39, 0.29) is 0 Å². The van der Waals surface area contributed by atoms with E-state index in [1.54, 1.807) is 0 Å². The van der Waals surface area contributed by atoms with Crippen molar-refractivity contribution in [2.45, 2.75) is 19.4 Å². The van der Waals surface area contributed by atoms with E-state index in [1.165, 1.54) is 13.0 Å². The molecule has 1 aliphatic heterocycles. The second-order valence-corrected chi connectivity index (χ2v) is 3.24. The average Bonchev–Trinajstić information content (AvgIpc) is 2.45. The maximum Gasteiger partial charge on any atom is 0.0715 e. The van der Waals surface area contributed by atoms with Gasteiger partial charge in [0, 0.05) is 19.7 Å². The molecule has 1 saturated heterocycles. The van der Waals surface area contributed by atoms with Gasteiger partial charge >= 0.3 is 0 Å². The first kappa shape index (κ1) is 9.96. The largest absolute Gasteiger partial charge is 0.379 e. The van der Waals surface area contributed by atoms with E-state index in [2.05, 4.69) is 11.9 Å². The van der Waals surface area contributed by atoms with E-state index in [4.69, 9.17) is 9.47 Å². The summed E-state index contributed by atoms with van der Waals surface area (Å²) in [7, 11) is 2.13. The lowest BCUT2D eigenvalue weighted by atomic mass is 10.3. The smallest absolute Gasteiger partial charge is 0.0715 e. The monoisotopic (exact) mass is 173 g/mol. The van der Waals surface area contributed by atoms with Crippen molar-refractivity contribution in [2.75, 3.05) is 40.0 Å². The van der Waals surface area contributed by atoms with Gasteiger partial charge in [0.15, 0.2) is 0 Å². The predicted molar refractivity (Wildman–Crippen MR) is 48.3 cm³/mol. The van der Waals surface area contributed by atoms with E-state index in [0.29, 0.717) is 6.10 Å². The number of hydrogen-bond donors (Lipinski definition) is 0. The third-order valence-electron chi connectivity index (χ3n) is 2.13. The van der Waals surface area contributed by atoms with Crippen LogP contribution in [-0.2, 0) is 9.47 Å². The zero-order valence-corrected chi connectivity index (χ0v) is 8.08. The molecule has 1 heterocycles. The van der Waals surface area contributed by atoms with E-state index < -0.39 is 0 Å². The van der Waals surface area contributed by atoms with E-state index in [0.717, 1.165) is 26.4 Å². The van der Waals surface area contributed by atoms with Gasteiger partial charge in [-0.3, -0.25) is 0 Å². The molecule has 1 fully saturated rings. The number of hydrogen-bond acceptors (Lipinski definition) is 3. The first-order valence-electron chi connectivity index (χ1n) is 4.71. The predicted octanol–water partition coefficient (Wildman–Crippen LogP) is 0.744. The third-order valence-corrected chi connectivity index (χ3v) is 2.13. The van der Waals surface area contributed by atoms with Crippen LogP contribution in [0, 0.1) is 0 Å². The number of nitrogens with zero attached hydrogens (tertiary/aromatic N) is 1. The summed E-state index contributed by atoms with van der Waals surface area (Å²) < 4.78 is 10.8. The van der Waals surface area contributed by atoms with Gasteiger partial charge in [0.25, 0.3) is 0 Å². The molecule has 12 heavy (non-hydrogen) atoms. The summed E-state index contributed by atoms with van der Waals surface area (Å²) in [4.78, 5) is 2.30. The van der Waals surface area contributed by atoms with Crippen LogP contribution in [0.5, 0.6) is 0 Å². The summed E-state index contributed by atoms with van der Waals surface area (Å²) in [5.74, 6) is 0. The van der Waals surface area contributed by atoms with Gasteiger partial charge in [0.2, 0.25) is 0 Å². The van der Waals surface area contributed by atoms with Gasteiger partial charge in [-0.2, -0.15) is 0 Å². The van der Waals surface area contributed by atoms with Crippen LogP contribution in [0.25, 0.3) is 0 Å². The van der Waals surface area contributed by atoms with Crippen LogP contribution in [-0.4, -0.2) is 51.0 Å². The molecule has 0 aromatic heterocycles. The molecule has 3 heteroatoms. The highest BCUT2D eigenvalue weighted by Crippen LogP contribution is 2.09. The van der Waals surface area contributed by atoms with Gasteiger partial charge in [-0.1, -0.05) is 0 Å². The highest BCUT2D eigenvalue weighted by molar-refractivity contribution is 4.72. The molecular formula is C9H19NO2. The number of rotatable bonds is 5. The van der Waals surface area contributed by atoms with Crippen LogP contribution < -0.4 is 0 Å². The van der Waals surface area contributed by atoms with E-state index >= 15 is 0 Å². The van der Waals surface area contributed by atoms with Crippen molar-refractivity contribution in [2.24, 2.45) is 0 Å². The topological polar surface area (TPSA) is 21.7 Å². The third kappa shape index (κ3) is 3.52. The Labute approximate surface area is 74.6 Å². The Morgan fingerprint density at radius 2 is 2.25 bits per heavy atom. The molecule has 0 bridgehead atoms. The lowest BCUT2D eigenvalue weighted by Crippen LogP contribution is -2.20. The minimum absolute atomic E-state index is 0.440. The molecule has 0 spiro atoms. The molecule has 1 unspecified atom stereocenters. The molecule has 0 radical (unpaired) electrons. The molecule has 1 atom stereocenters. The Morgan fingerprint density at radius 3 is 2.83 bits per heavy atom. The maximum atomic E-state index is 5.61. The normalized spacial score (nSPS) is 25.0. The Morgan fingerprint density at radius 1 is 1.42 bits per heavy atom. The summed E-state index contributed by atoms with van der Waals surface area (Å²) in [6.45, 7) is 6.51. The summed E-state index contributed by atoms with van der Waals surface area (Å²) in [6, 6.07) is 0. The molecule has 0 aromatic rings. The SMILES string of the molecule is CCOCCOC1CCN(C)C1. The van der Waals surface area contributed by atoms with Crippen molar-refractivity contribution in [1.29, 1.82) is 0 Å². The minimum Gasteiger partial charge on any atom is -0.379 e. The molecule has 3 nitrogen and oxygen atoms in total. The molecule has 1 rings (SSSR count). The average molecular weight is 173 g/mol. The second-order valence-electron chi connectivity index (χ2n) is 3.24. The summed E-state index contributed by atoms with van der Waals surface area (Å²) in [5.41, 5.74) is 0. The fourth-order valence-corrected chi connectivity index (χ4v) is 1.45. The molecule has 0 amide bonds. The number of likely N-dealkylation sites (N-methyl/N-ethyl adjacent to an activating group) is 1. The highest BCUT2D eigenvalue weighted by atomic mass is 16.5. The highest BCUT2D eigenvalue weighted by Gasteiger charge is 2.19. The summed E-state index contributed by atoms with van der Waals surface area (Å²) in [6.07, 6.45) is 1.61. The Hall–Kier alpha value is -0.120. The molecule has 1 aliphatic rings. The van der Waals surface area contributed by atoms with Gasteiger partial charge < -0.3 is 14.4 Å². The Kier molecular flexibility index (Phi) is 4.58. The first-order chi connectivity index (χ1) is 5.83. The zero-order chi connectivity index (χ0) is 8.81. The van der Waals surface area contributed by atoms with Crippen molar-refractivity contribution < 1.29 is 9.47 Å². The van der Waals surface area contributed by atoms with Gasteiger partial charge in [-0.05, 0) is 20.4 Å². The van der Waals surface area contributed by atoms with Gasteiger partial charge in [0.1, 0.15) is 0 Å². The zero-order valence-electron chi connectivity index (χ0n) is 8.08. The first-order valence-corrected chi connectivity index (χ1v) is 4.71. The van der Waals surface area contributed by atoms with Crippen LogP contribution >= 0.6 is 0 Å². The molecule has 0 N–H and O–H groups in total. The molecule has 72 valence electrons. The standard InChI is InChI=1S/C9H19NO2/c1-3-11-6-7-12-9-4-5-10(2)8-9/h9H,3-8H2,1-2H3. The Balaban J connectivity index is 1.93. The lowest BCUT2D eigenvalue weighted by Gasteiger charge is -2.11. The van der Waals surface area contributed by atoms with Crippen molar-refractivity contribution in [3.8, 4) is 0 Å². The van der Waals surface area contributed by atoms with Gasteiger partial charge in [-0.15, -0.1) is 0 Å². The van der Waals surface area contributed by atoms with E-state index in [9.17, 15) is 0 Å². The van der Waals surface area contributed by atoms with Crippen LogP contribution in [0.2, 0.25) is 0 Å². The second kappa shape index (κ2) is 5.51. The maximum absolute atomic E-state index is 5.61. The fourth-order valence-electron chi connectivity index (χ4n) is 1.45. The van der Waals surface area contributed by atoms with Crippen molar-refractivity contribution in [3.05, 3.63) is 0 Å². The number of likely N-dealkylation sites (tertiary alicyclic amines) is 1. The summed E-state index contributed by atoms with van der Waals surface area (Å²) in [5, 5.41) is 0. The Bertz CT molecular complexity index is 119. The van der Waals surface area contributed by atoms with Crippen molar-refractivity contribution in [1.82, 2.24) is 4.90 Å². The van der Waals surface area contributed by atoms with E-state index in [1.807, 2.05) is 6.92 Å². The quantitative estimate of drug-likeness (QED) is 0.572. The van der Waals surface area contributed by atoms with Gasteiger partial charge in [0.05, 0.1) is 19.3 Å². The molecule has 0 aliphatic carbocycles. The minimum atomic E-state index is 0.440. The fraction of sp³-hybridized carbons (Fsp3) is 1.00. The molecular weight excluding hydrogens is 154 g/mol. The van der Waals surface area contributed by atoms with Crippen LogP contribution in [0.3, 0.4) is 0 Å². The van der Waals surface area contributed by atoms with Crippen molar-refractivity contribution in [3.63, 3.8) is 0 Å². The lowest BCUT2D eigenvalue weighted by molar-refractivity contribution is 0.0129. The van der Waals surface area contributed by atoms with Gasteiger partial charge in [-0.25, -0.2) is 0 Å². The molecule has 0 saturated carbocycles. The van der Waals surface area contributed by atoms with Crippen LogP contribution in [0.4, 0.5) is 0 Å². The van der Waals surface area contributed by atoms with Crippen molar-refractivity contribution >= 4 is 0 Å². The van der Waals surface area contributed by atoms with Crippen LogP contribution in [0.1, 0.15) is 13.3 Å².